The van der Waals surface area contributed by atoms with Crippen LogP contribution in [-0.4, -0.2) is 13.1 Å². The van der Waals surface area contributed by atoms with E-state index in [1.165, 1.54) is 11.1 Å². The minimum absolute atomic E-state index is 0.870. The predicted molar refractivity (Wildman–Crippen MR) is 76.4 cm³/mol. The standard InChI is InChI=1S/C15H22OSi/c1-4-17(16,5-2)12-11-14(3)13-15-9-7-6-8-10-15/h6-10,12,16H,4-5,13H2,1-3H3. The van der Waals surface area contributed by atoms with Crippen LogP contribution in [0.3, 0.4) is 0 Å². The van der Waals surface area contributed by atoms with Gasteiger partial charge < -0.3 is 4.80 Å². The zero-order valence-electron chi connectivity index (χ0n) is 11.0. The topological polar surface area (TPSA) is 20.2 Å². The summed E-state index contributed by atoms with van der Waals surface area (Å²) in [6.45, 7) is 6.19. The quantitative estimate of drug-likeness (QED) is 0.618. The molecule has 0 unspecified atom stereocenters. The van der Waals surface area contributed by atoms with Gasteiger partial charge in [0.25, 0.3) is 0 Å². The average molecular weight is 246 g/mol. The van der Waals surface area contributed by atoms with E-state index in [1.807, 2.05) is 11.8 Å². The van der Waals surface area contributed by atoms with Crippen LogP contribution in [-0.2, 0) is 6.42 Å². The summed E-state index contributed by atoms with van der Waals surface area (Å²) in [6.07, 6.45) is 0.912. The fraction of sp³-hybridized carbons (Fsp3) is 0.400. The van der Waals surface area contributed by atoms with Crippen molar-refractivity contribution in [2.45, 2.75) is 39.3 Å². The molecule has 2 heteroatoms. The molecule has 0 saturated carbocycles. The largest absolute Gasteiger partial charge is 0.427 e. The Morgan fingerprint density at radius 2 is 1.82 bits per heavy atom. The molecule has 0 fully saturated rings. The first-order valence-electron chi connectivity index (χ1n) is 6.29. The molecule has 1 aromatic rings. The molecule has 0 saturated heterocycles. The molecule has 0 aliphatic carbocycles. The highest BCUT2D eigenvalue weighted by atomic mass is 28.4. The molecule has 0 heterocycles. The van der Waals surface area contributed by atoms with E-state index in [2.05, 4.69) is 50.8 Å². The van der Waals surface area contributed by atoms with E-state index in [1.54, 1.807) is 0 Å². The molecule has 92 valence electrons. The van der Waals surface area contributed by atoms with Crippen LogP contribution in [0.5, 0.6) is 0 Å². The van der Waals surface area contributed by atoms with Crippen LogP contribution in [0.25, 0.3) is 0 Å². The van der Waals surface area contributed by atoms with E-state index in [9.17, 15) is 4.80 Å². The van der Waals surface area contributed by atoms with Crippen LogP contribution in [0.15, 0.2) is 47.3 Å². The lowest BCUT2D eigenvalue weighted by atomic mass is 10.1. The van der Waals surface area contributed by atoms with Crippen molar-refractivity contribution in [2.24, 2.45) is 0 Å². The molecule has 0 amide bonds. The molecule has 0 atom stereocenters. The zero-order chi connectivity index (χ0) is 12.7. The van der Waals surface area contributed by atoms with Gasteiger partial charge >= 0.3 is 0 Å². The van der Waals surface area contributed by atoms with E-state index in [0.717, 1.165) is 18.5 Å². The van der Waals surface area contributed by atoms with E-state index < -0.39 is 8.32 Å². The van der Waals surface area contributed by atoms with Crippen molar-refractivity contribution in [3.05, 3.63) is 52.9 Å². The van der Waals surface area contributed by atoms with Gasteiger partial charge in [-0.2, -0.15) is 0 Å². The highest BCUT2D eigenvalue weighted by molar-refractivity contribution is 6.77. The number of hydrogen-bond donors (Lipinski definition) is 1. The summed E-state index contributed by atoms with van der Waals surface area (Å²) >= 11 is 0. The Morgan fingerprint density at radius 3 is 2.35 bits per heavy atom. The van der Waals surface area contributed by atoms with Gasteiger partial charge in [-0.3, -0.25) is 0 Å². The van der Waals surface area contributed by atoms with Gasteiger partial charge in [0, 0.05) is 6.42 Å². The van der Waals surface area contributed by atoms with Crippen LogP contribution >= 0.6 is 0 Å². The second-order valence-electron chi connectivity index (χ2n) is 4.54. The van der Waals surface area contributed by atoms with Crippen molar-refractivity contribution < 1.29 is 4.80 Å². The van der Waals surface area contributed by atoms with Crippen LogP contribution in [0.1, 0.15) is 26.3 Å². The summed E-state index contributed by atoms with van der Waals surface area (Å²) in [4.78, 5) is 10.3. The van der Waals surface area contributed by atoms with Gasteiger partial charge in [0.1, 0.15) is 0 Å². The lowest BCUT2D eigenvalue weighted by Gasteiger charge is -2.15. The van der Waals surface area contributed by atoms with Crippen LogP contribution in [0, 0.1) is 0 Å². The number of rotatable bonds is 5. The van der Waals surface area contributed by atoms with Crippen molar-refractivity contribution in [3.63, 3.8) is 0 Å². The second-order valence-corrected chi connectivity index (χ2v) is 8.45. The molecule has 0 aliphatic heterocycles. The Hall–Kier alpha value is -1.08. The normalized spacial score (nSPS) is 10.8. The van der Waals surface area contributed by atoms with Crippen molar-refractivity contribution >= 4 is 8.32 Å². The third kappa shape index (κ3) is 4.74. The minimum Gasteiger partial charge on any atom is -0.427 e. The van der Waals surface area contributed by atoms with Gasteiger partial charge in [-0.05, 0) is 35.8 Å². The van der Waals surface area contributed by atoms with Crippen molar-refractivity contribution in [2.75, 3.05) is 0 Å². The van der Waals surface area contributed by atoms with Crippen molar-refractivity contribution in [1.82, 2.24) is 0 Å². The third-order valence-electron chi connectivity index (χ3n) is 3.12. The van der Waals surface area contributed by atoms with E-state index in [0.29, 0.717) is 0 Å². The first-order valence-corrected chi connectivity index (χ1v) is 8.73. The van der Waals surface area contributed by atoms with E-state index in [-0.39, 0.29) is 0 Å². The fourth-order valence-electron chi connectivity index (χ4n) is 1.66. The van der Waals surface area contributed by atoms with Crippen LogP contribution in [0.4, 0.5) is 0 Å². The minimum atomic E-state index is -2.13. The molecular formula is C15H22OSi. The zero-order valence-corrected chi connectivity index (χ0v) is 12.0. The Kier molecular flexibility index (Phi) is 5.43. The van der Waals surface area contributed by atoms with Gasteiger partial charge in [-0.15, -0.1) is 5.73 Å². The molecule has 0 radical (unpaired) electrons. The number of allylic oxidation sites excluding steroid dienone is 1. The molecule has 1 N–H and O–H groups in total. The Balaban J connectivity index is 2.76. The first-order chi connectivity index (χ1) is 8.09. The van der Waals surface area contributed by atoms with Crippen molar-refractivity contribution in [3.8, 4) is 0 Å². The maximum absolute atomic E-state index is 10.3. The summed E-state index contributed by atoms with van der Waals surface area (Å²) in [5.74, 6) is 0. The Bertz CT molecular complexity index is 398. The summed E-state index contributed by atoms with van der Waals surface area (Å²) in [5.41, 5.74) is 7.71. The SMILES string of the molecule is CC[Si](O)(C=C=C(C)Cc1ccccc1)CC. The van der Waals surface area contributed by atoms with E-state index in [4.69, 9.17) is 0 Å². The van der Waals surface area contributed by atoms with Gasteiger partial charge in [0.05, 0.1) is 0 Å². The van der Waals surface area contributed by atoms with Crippen LogP contribution < -0.4 is 0 Å². The Labute approximate surface area is 106 Å². The predicted octanol–water partition coefficient (Wildman–Crippen LogP) is 3.85. The number of hydrogen-bond acceptors (Lipinski definition) is 1. The first kappa shape index (κ1) is 14.0. The van der Waals surface area contributed by atoms with E-state index >= 15 is 0 Å². The molecule has 1 rings (SSSR count). The highest BCUT2D eigenvalue weighted by Gasteiger charge is 2.22. The maximum Gasteiger partial charge on any atom is 0.219 e. The summed E-state index contributed by atoms with van der Waals surface area (Å²) in [7, 11) is -2.13. The second kappa shape index (κ2) is 6.60. The monoisotopic (exact) mass is 246 g/mol. The molecule has 1 nitrogen and oxygen atoms in total. The maximum atomic E-state index is 10.3. The molecule has 1 aromatic carbocycles. The van der Waals surface area contributed by atoms with Crippen LogP contribution in [0.2, 0.25) is 12.1 Å². The van der Waals surface area contributed by atoms with Crippen molar-refractivity contribution in [1.29, 1.82) is 0 Å². The Morgan fingerprint density at radius 1 is 1.24 bits per heavy atom. The summed E-state index contributed by atoms with van der Waals surface area (Å²) < 4.78 is 0. The molecule has 0 aliphatic rings. The van der Waals surface area contributed by atoms with Gasteiger partial charge in [0.15, 0.2) is 0 Å². The third-order valence-corrected chi connectivity index (χ3v) is 6.25. The summed E-state index contributed by atoms with van der Waals surface area (Å²) in [6, 6.07) is 12.1. The average Bonchev–Trinajstić information content (AvgIpc) is 2.37. The highest BCUT2D eigenvalue weighted by Crippen LogP contribution is 2.13. The molecule has 0 aromatic heterocycles. The van der Waals surface area contributed by atoms with Gasteiger partial charge in [-0.25, -0.2) is 0 Å². The molecular weight excluding hydrogens is 224 g/mol. The summed E-state index contributed by atoms with van der Waals surface area (Å²) in [5, 5.41) is 0. The molecule has 0 bridgehead atoms. The lowest BCUT2D eigenvalue weighted by molar-refractivity contribution is 0.548. The molecule has 17 heavy (non-hydrogen) atoms. The molecule has 0 spiro atoms. The smallest absolute Gasteiger partial charge is 0.219 e. The fourth-order valence-corrected chi connectivity index (χ4v) is 3.09. The van der Waals surface area contributed by atoms with Gasteiger partial charge in [0.2, 0.25) is 8.32 Å². The number of benzene rings is 1. The lowest BCUT2D eigenvalue weighted by Crippen LogP contribution is -2.29. The van der Waals surface area contributed by atoms with Gasteiger partial charge in [-0.1, -0.05) is 44.2 Å².